The van der Waals surface area contributed by atoms with Crippen molar-refractivity contribution in [2.75, 3.05) is 5.32 Å². The minimum Gasteiger partial charge on any atom is -0.343 e. The van der Waals surface area contributed by atoms with Crippen LogP contribution in [0.25, 0.3) is 0 Å². The Balaban J connectivity index is 2.10. The molecule has 4 nitrogen and oxygen atoms in total. The van der Waals surface area contributed by atoms with E-state index in [-0.39, 0.29) is 16.9 Å². The van der Waals surface area contributed by atoms with Crippen LogP contribution in [0.3, 0.4) is 0 Å². The predicted molar refractivity (Wildman–Crippen MR) is 124 cm³/mol. The Bertz CT molecular complexity index is 1100. The molecule has 0 aliphatic carbocycles. The van der Waals surface area contributed by atoms with E-state index in [2.05, 4.69) is 16.8 Å². The molecule has 0 atom stereocenters. The quantitative estimate of drug-likeness (QED) is 0.536. The van der Waals surface area contributed by atoms with Crippen molar-refractivity contribution in [3.8, 4) is 0 Å². The molecule has 0 saturated carbocycles. The van der Waals surface area contributed by atoms with Crippen molar-refractivity contribution in [3.63, 3.8) is 0 Å². The van der Waals surface area contributed by atoms with Crippen LogP contribution in [0.1, 0.15) is 53.1 Å². The molecule has 2 aromatic carbocycles. The second-order valence-corrected chi connectivity index (χ2v) is 7.84. The largest absolute Gasteiger partial charge is 0.343 e. The van der Waals surface area contributed by atoms with Gasteiger partial charge in [-0.2, -0.15) is 0 Å². The van der Waals surface area contributed by atoms with Crippen molar-refractivity contribution in [1.29, 1.82) is 0 Å². The van der Waals surface area contributed by atoms with E-state index >= 15 is 0 Å². The summed E-state index contributed by atoms with van der Waals surface area (Å²) in [4.78, 5) is 26.2. The zero-order valence-corrected chi connectivity index (χ0v) is 18.4. The van der Waals surface area contributed by atoms with Gasteiger partial charge in [-0.1, -0.05) is 62.2 Å². The number of benzene rings is 2. The molecule has 0 radical (unpaired) electrons. The maximum absolute atomic E-state index is 13.2. The van der Waals surface area contributed by atoms with Crippen molar-refractivity contribution in [2.24, 2.45) is 0 Å². The van der Waals surface area contributed by atoms with E-state index in [1.807, 2.05) is 62.4 Å². The number of pyridine rings is 1. The smallest absolute Gasteiger partial charge is 0.261 e. The van der Waals surface area contributed by atoms with Gasteiger partial charge in [-0.25, -0.2) is 0 Å². The molecule has 3 aromatic rings. The van der Waals surface area contributed by atoms with Gasteiger partial charge < -0.3 is 9.88 Å². The van der Waals surface area contributed by atoms with Crippen molar-refractivity contribution < 1.29 is 4.79 Å². The molecule has 1 heterocycles. The Morgan fingerprint density at radius 1 is 1.07 bits per heavy atom. The average molecular weight is 423 g/mol. The zero-order valence-electron chi connectivity index (χ0n) is 17.7. The highest BCUT2D eigenvalue weighted by Gasteiger charge is 2.21. The number of hydrogen-bond donors (Lipinski definition) is 1. The SMILES string of the molecule is CCCc1c(C(=O)Nc2ccccc2C)c(=O)cc(CC)n1Cc1ccc(Cl)cc1. The lowest BCUT2D eigenvalue weighted by molar-refractivity contribution is 0.102. The van der Waals surface area contributed by atoms with Gasteiger partial charge in [0, 0.05) is 34.7 Å². The number of nitrogens with one attached hydrogen (secondary N) is 1. The Morgan fingerprint density at radius 2 is 1.77 bits per heavy atom. The summed E-state index contributed by atoms with van der Waals surface area (Å²) in [6.45, 7) is 6.59. The lowest BCUT2D eigenvalue weighted by atomic mass is 10.0. The first-order valence-electron chi connectivity index (χ1n) is 10.3. The topological polar surface area (TPSA) is 51.1 Å². The van der Waals surface area contributed by atoms with Crippen LogP contribution in [0.4, 0.5) is 5.69 Å². The number of rotatable bonds is 7. The molecule has 30 heavy (non-hydrogen) atoms. The molecule has 1 amide bonds. The highest BCUT2D eigenvalue weighted by Crippen LogP contribution is 2.19. The molecular weight excluding hydrogens is 396 g/mol. The third-order valence-electron chi connectivity index (χ3n) is 5.23. The number of halogens is 1. The van der Waals surface area contributed by atoms with Crippen LogP contribution in [0.2, 0.25) is 5.02 Å². The number of para-hydroxylation sites is 1. The number of amides is 1. The van der Waals surface area contributed by atoms with Crippen LogP contribution in [0.5, 0.6) is 0 Å². The summed E-state index contributed by atoms with van der Waals surface area (Å²) in [5.74, 6) is -0.356. The molecule has 156 valence electrons. The Labute approximate surface area is 182 Å². The first-order chi connectivity index (χ1) is 14.4. The van der Waals surface area contributed by atoms with Gasteiger partial charge in [-0.15, -0.1) is 0 Å². The minimum atomic E-state index is -0.356. The summed E-state index contributed by atoms with van der Waals surface area (Å²) in [5, 5.41) is 3.61. The summed E-state index contributed by atoms with van der Waals surface area (Å²) >= 11 is 6.03. The fourth-order valence-corrected chi connectivity index (χ4v) is 3.78. The zero-order chi connectivity index (χ0) is 21.7. The number of aryl methyl sites for hydroxylation is 2. The average Bonchev–Trinajstić information content (AvgIpc) is 2.73. The Morgan fingerprint density at radius 3 is 2.40 bits per heavy atom. The highest BCUT2D eigenvalue weighted by molar-refractivity contribution is 6.30. The number of carbonyl (C=O) groups is 1. The maximum Gasteiger partial charge on any atom is 0.261 e. The molecule has 0 saturated heterocycles. The van der Waals surface area contributed by atoms with Crippen molar-refractivity contribution in [3.05, 3.63) is 97.9 Å². The van der Waals surface area contributed by atoms with Crippen molar-refractivity contribution in [1.82, 2.24) is 4.57 Å². The Kier molecular flexibility index (Phi) is 7.11. The third kappa shape index (κ3) is 4.82. The van der Waals surface area contributed by atoms with E-state index in [1.165, 1.54) is 0 Å². The second-order valence-electron chi connectivity index (χ2n) is 7.41. The van der Waals surface area contributed by atoms with Crippen molar-refractivity contribution >= 4 is 23.2 Å². The number of carbonyl (C=O) groups excluding carboxylic acids is 1. The van der Waals surface area contributed by atoms with Crippen LogP contribution in [0, 0.1) is 6.92 Å². The molecule has 0 aliphatic rings. The van der Waals surface area contributed by atoms with E-state index < -0.39 is 0 Å². The summed E-state index contributed by atoms with van der Waals surface area (Å²) in [5.41, 5.74) is 4.44. The summed E-state index contributed by atoms with van der Waals surface area (Å²) < 4.78 is 2.11. The third-order valence-corrected chi connectivity index (χ3v) is 5.48. The van der Waals surface area contributed by atoms with Gasteiger partial charge >= 0.3 is 0 Å². The maximum atomic E-state index is 13.2. The van der Waals surface area contributed by atoms with Gasteiger partial charge in [0.1, 0.15) is 5.56 Å². The lowest BCUT2D eigenvalue weighted by Crippen LogP contribution is -2.29. The number of aromatic nitrogens is 1. The molecular formula is C25H27ClN2O2. The number of hydrogen-bond acceptors (Lipinski definition) is 2. The van der Waals surface area contributed by atoms with Gasteiger partial charge in [0.2, 0.25) is 0 Å². The van der Waals surface area contributed by atoms with Gasteiger partial charge in [-0.05, 0) is 49.1 Å². The van der Waals surface area contributed by atoms with E-state index in [0.29, 0.717) is 30.1 Å². The van der Waals surface area contributed by atoms with E-state index in [1.54, 1.807) is 6.07 Å². The fourth-order valence-electron chi connectivity index (χ4n) is 3.65. The molecule has 5 heteroatoms. The van der Waals surface area contributed by atoms with Crippen molar-refractivity contribution in [2.45, 2.75) is 46.6 Å². The van der Waals surface area contributed by atoms with Crippen LogP contribution in [-0.4, -0.2) is 10.5 Å². The van der Waals surface area contributed by atoms with E-state index in [9.17, 15) is 9.59 Å². The highest BCUT2D eigenvalue weighted by atomic mass is 35.5. The summed E-state index contributed by atoms with van der Waals surface area (Å²) in [6, 6.07) is 16.8. The first-order valence-corrected chi connectivity index (χ1v) is 10.7. The van der Waals surface area contributed by atoms with Crippen LogP contribution in [-0.2, 0) is 19.4 Å². The molecule has 1 aromatic heterocycles. The van der Waals surface area contributed by atoms with E-state index in [0.717, 1.165) is 28.9 Å². The molecule has 0 bridgehead atoms. The summed E-state index contributed by atoms with van der Waals surface area (Å²) in [7, 11) is 0. The van der Waals surface area contributed by atoms with Gasteiger partial charge in [0.05, 0.1) is 0 Å². The molecule has 0 spiro atoms. The normalized spacial score (nSPS) is 10.8. The van der Waals surface area contributed by atoms with Gasteiger partial charge in [0.15, 0.2) is 5.43 Å². The molecule has 1 N–H and O–H groups in total. The minimum absolute atomic E-state index is 0.228. The molecule has 0 aliphatic heterocycles. The lowest BCUT2D eigenvalue weighted by Gasteiger charge is -2.21. The van der Waals surface area contributed by atoms with E-state index in [4.69, 9.17) is 11.6 Å². The summed E-state index contributed by atoms with van der Waals surface area (Å²) in [6.07, 6.45) is 2.18. The predicted octanol–water partition coefficient (Wildman–Crippen LogP) is 5.63. The number of anilines is 1. The molecule has 3 rings (SSSR count). The van der Waals surface area contributed by atoms with Crippen LogP contribution in [0.15, 0.2) is 59.4 Å². The van der Waals surface area contributed by atoms with Crippen LogP contribution < -0.4 is 10.7 Å². The second kappa shape index (κ2) is 9.77. The van der Waals surface area contributed by atoms with Gasteiger partial charge in [0.25, 0.3) is 5.91 Å². The Hall–Kier alpha value is -2.85. The number of nitrogens with zero attached hydrogens (tertiary/aromatic N) is 1. The molecule has 0 fully saturated rings. The monoisotopic (exact) mass is 422 g/mol. The van der Waals surface area contributed by atoms with Crippen LogP contribution >= 0.6 is 11.6 Å². The van der Waals surface area contributed by atoms with Gasteiger partial charge in [-0.3, -0.25) is 9.59 Å². The first kappa shape index (κ1) is 21.8. The molecule has 0 unspecified atom stereocenters. The fraction of sp³-hybridized carbons (Fsp3) is 0.280. The standard InChI is InChI=1S/C25H27ClN2O2/c1-4-8-22-24(25(30)27-21-10-7-6-9-17(21)3)23(29)15-20(5-2)28(22)16-18-11-13-19(26)14-12-18/h6-7,9-15H,4-5,8,16H2,1-3H3,(H,27,30).